The molecule has 2 nitrogen and oxygen atoms in total. The summed E-state index contributed by atoms with van der Waals surface area (Å²) < 4.78 is 0. The van der Waals surface area contributed by atoms with Crippen LogP contribution in [-0.4, -0.2) is 29.1 Å². The highest BCUT2D eigenvalue weighted by Gasteiger charge is 2.37. The van der Waals surface area contributed by atoms with E-state index in [1.807, 2.05) is 0 Å². The molecule has 3 atom stereocenters. The molecule has 1 saturated heterocycles. The molecule has 1 aliphatic heterocycles. The van der Waals surface area contributed by atoms with Crippen molar-refractivity contribution in [3.05, 3.63) is 11.6 Å². The molecule has 0 amide bonds. The predicted octanol–water partition coefficient (Wildman–Crippen LogP) is 4.25. The van der Waals surface area contributed by atoms with E-state index in [9.17, 15) is 0 Å². The smallest absolute Gasteiger partial charge is 0.0138 e. The summed E-state index contributed by atoms with van der Waals surface area (Å²) in [6.07, 6.45) is 14.0. The van der Waals surface area contributed by atoms with Crippen molar-refractivity contribution in [2.24, 2.45) is 5.73 Å². The molecular weight excluding hydrogens is 244 g/mol. The molecule has 0 aromatic heterocycles. The van der Waals surface area contributed by atoms with E-state index < -0.39 is 0 Å². The van der Waals surface area contributed by atoms with Crippen LogP contribution in [0.15, 0.2) is 11.6 Å². The van der Waals surface area contributed by atoms with Crippen molar-refractivity contribution in [1.82, 2.24) is 4.90 Å². The van der Waals surface area contributed by atoms with Crippen LogP contribution in [0.1, 0.15) is 78.6 Å². The Morgan fingerprint density at radius 2 is 1.80 bits per heavy atom. The van der Waals surface area contributed by atoms with Crippen LogP contribution in [0.2, 0.25) is 0 Å². The molecule has 2 heteroatoms. The largest absolute Gasteiger partial charge is 0.328 e. The predicted molar refractivity (Wildman–Crippen MR) is 87.8 cm³/mol. The molecule has 2 fully saturated rings. The Labute approximate surface area is 125 Å². The van der Waals surface area contributed by atoms with Gasteiger partial charge in [0.1, 0.15) is 0 Å². The van der Waals surface area contributed by atoms with Crippen LogP contribution < -0.4 is 5.73 Å². The first-order chi connectivity index (χ1) is 9.69. The topological polar surface area (TPSA) is 29.3 Å². The van der Waals surface area contributed by atoms with Crippen LogP contribution in [0.3, 0.4) is 0 Å². The van der Waals surface area contributed by atoms with Crippen molar-refractivity contribution in [2.75, 3.05) is 0 Å². The average molecular weight is 278 g/mol. The highest BCUT2D eigenvalue weighted by molar-refractivity contribution is 5.09. The van der Waals surface area contributed by atoms with Crippen LogP contribution in [0.25, 0.3) is 0 Å². The maximum absolute atomic E-state index is 6.30. The lowest BCUT2D eigenvalue weighted by atomic mass is 9.82. The molecule has 0 aromatic carbocycles. The second-order valence-electron chi connectivity index (χ2n) is 6.82. The van der Waals surface area contributed by atoms with Gasteiger partial charge in [-0.2, -0.15) is 0 Å². The van der Waals surface area contributed by atoms with Crippen LogP contribution in [0.5, 0.6) is 0 Å². The molecular formula is C18H34N2. The fraction of sp³-hybridized carbons (Fsp3) is 0.889. The number of likely N-dealkylation sites (tertiary alicyclic amines) is 1. The maximum Gasteiger partial charge on any atom is 0.0138 e. The summed E-state index contributed by atoms with van der Waals surface area (Å²) in [6.45, 7) is 6.95. The van der Waals surface area contributed by atoms with Crippen LogP contribution in [-0.2, 0) is 0 Å². The monoisotopic (exact) mass is 278 g/mol. The Hall–Kier alpha value is -0.340. The third-order valence-corrected chi connectivity index (χ3v) is 5.38. The normalized spacial score (nSPS) is 38.3. The fourth-order valence-electron chi connectivity index (χ4n) is 4.49. The minimum atomic E-state index is 0.426. The zero-order valence-electron chi connectivity index (χ0n) is 13.8. The second kappa shape index (κ2) is 7.61. The van der Waals surface area contributed by atoms with Gasteiger partial charge >= 0.3 is 0 Å². The molecule has 116 valence electrons. The van der Waals surface area contributed by atoms with Gasteiger partial charge in [0.25, 0.3) is 0 Å². The van der Waals surface area contributed by atoms with E-state index in [0.717, 1.165) is 18.1 Å². The van der Waals surface area contributed by atoms with E-state index in [0.29, 0.717) is 6.04 Å². The Morgan fingerprint density at radius 3 is 2.35 bits per heavy atom. The molecule has 20 heavy (non-hydrogen) atoms. The van der Waals surface area contributed by atoms with Gasteiger partial charge in [-0.15, -0.1) is 0 Å². The maximum atomic E-state index is 6.30. The molecule has 3 unspecified atom stereocenters. The van der Waals surface area contributed by atoms with Crippen molar-refractivity contribution in [1.29, 1.82) is 0 Å². The van der Waals surface area contributed by atoms with Crippen molar-refractivity contribution in [3.63, 3.8) is 0 Å². The first kappa shape index (κ1) is 16.0. The third-order valence-electron chi connectivity index (χ3n) is 5.38. The van der Waals surface area contributed by atoms with Gasteiger partial charge in [0.2, 0.25) is 0 Å². The molecule has 2 N–H and O–H groups in total. The Bertz CT molecular complexity index is 309. The number of nitrogens with zero attached hydrogens (tertiary/aromatic N) is 1. The third kappa shape index (κ3) is 3.65. The van der Waals surface area contributed by atoms with Gasteiger partial charge in [-0.1, -0.05) is 32.4 Å². The quantitative estimate of drug-likeness (QED) is 0.779. The first-order valence-electron chi connectivity index (χ1n) is 8.90. The zero-order valence-corrected chi connectivity index (χ0v) is 13.8. The van der Waals surface area contributed by atoms with Crippen LogP contribution in [0, 0.1) is 0 Å². The summed E-state index contributed by atoms with van der Waals surface area (Å²) in [6, 6.07) is 2.64. The lowest BCUT2D eigenvalue weighted by molar-refractivity contribution is 0.0171. The molecule has 0 radical (unpaired) electrons. The minimum Gasteiger partial charge on any atom is -0.328 e. The highest BCUT2D eigenvalue weighted by Crippen LogP contribution is 2.35. The van der Waals surface area contributed by atoms with Crippen molar-refractivity contribution < 1.29 is 0 Å². The lowest BCUT2D eigenvalue weighted by Crippen LogP contribution is -2.57. The summed E-state index contributed by atoms with van der Waals surface area (Å²) in [7, 11) is 0. The van der Waals surface area contributed by atoms with Crippen molar-refractivity contribution in [3.8, 4) is 0 Å². The van der Waals surface area contributed by atoms with E-state index in [2.05, 4.69) is 31.7 Å². The summed E-state index contributed by atoms with van der Waals surface area (Å²) in [5, 5.41) is 0. The summed E-state index contributed by atoms with van der Waals surface area (Å²) in [4.78, 5) is 2.88. The van der Waals surface area contributed by atoms with E-state index >= 15 is 0 Å². The minimum absolute atomic E-state index is 0.426. The molecule has 0 spiro atoms. The van der Waals surface area contributed by atoms with Crippen molar-refractivity contribution >= 4 is 0 Å². The Morgan fingerprint density at radius 1 is 1.15 bits per heavy atom. The van der Waals surface area contributed by atoms with E-state index in [-0.39, 0.29) is 0 Å². The summed E-state index contributed by atoms with van der Waals surface area (Å²) >= 11 is 0. The SMILES string of the molecule is CCC=C1CCCC(N2C(CC)CC(N)CC2CC)C1. The van der Waals surface area contributed by atoms with Crippen molar-refractivity contribution in [2.45, 2.75) is 103 Å². The van der Waals surface area contributed by atoms with E-state index in [1.165, 1.54) is 57.8 Å². The van der Waals surface area contributed by atoms with Gasteiger partial charge in [0, 0.05) is 24.2 Å². The second-order valence-corrected chi connectivity index (χ2v) is 6.82. The summed E-state index contributed by atoms with van der Waals surface area (Å²) in [5.41, 5.74) is 8.01. The van der Waals surface area contributed by atoms with Gasteiger partial charge in [0.05, 0.1) is 0 Å². The van der Waals surface area contributed by atoms with Gasteiger partial charge in [0.15, 0.2) is 0 Å². The Kier molecular flexibility index (Phi) is 6.10. The molecule has 0 bridgehead atoms. The number of hydrogen-bond acceptors (Lipinski definition) is 2. The van der Waals surface area contributed by atoms with Gasteiger partial charge < -0.3 is 5.73 Å². The number of rotatable bonds is 4. The Balaban J connectivity index is 2.11. The molecule has 1 heterocycles. The van der Waals surface area contributed by atoms with Crippen LogP contribution in [0.4, 0.5) is 0 Å². The summed E-state index contributed by atoms with van der Waals surface area (Å²) in [5.74, 6) is 0. The standard InChI is InChI=1S/C18H34N2/c1-4-8-14-9-7-10-18(11-14)20-16(5-2)12-15(19)13-17(20)6-3/h8,15-18H,4-7,9-13,19H2,1-3H3. The molecule has 1 aliphatic carbocycles. The van der Waals surface area contributed by atoms with E-state index in [1.54, 1.807) is 5.57 Å². The van der Waals surface area contributed by atoms with Gasteiger partial charge in [-0.05, 0) is 57.8 Å². The van der Waals surface area contributed by atoms with Gasteiger partial charge in [-0.3, -0.25) is 4.90 Å². The number of hydrogen-bond donors (Lipinski definition) is 1. The first-order valence-corrected chi connectivity index (χ1v) is 8.90. The van der Waals surface area contributed by atoms with E-state index in [4.69, 9.17) is 5.73 Å². The highest BCUT2D eigenvalue weighted by atomic mass is 15.2. The average Bonchev–Trinajstić information content (AvgIpc) is 2.46. The molecule has 2 aliphatic rings. The molecule has 2 rings (SSSR count). The molecule has 1 saturated carbocycles. The number of piperidine rings is 1. The number of nitrogens with two attached hydrogens (primary N) is 1. The van der Waals surface area contributed by atoms with Crippen LogP contribution >= 0.6 is 0 Å². The lowest BCUT2D eigenvalue weighted by Gasteiger charge is -2.49. The fourth-order valence-corrected chi connectivity index (χ4v) is 4.49. The molecule has 0 aromatic rings. The number of allylic oxidation sites excluding steroid dienone is 1. The van der Waals surface area contributed by atoms with Gasteiger partial charge in [-0.25, -0.2) is 0 Å². The zero-order chi connectivity index (χ0) is 14.5.